The summed E-state index contributed by atoms with van der Waals surface area (Å²) < 4.78 is 0. The molecule has 2 aromatic rings. The fourth-order valence-corrected chi connectivity index (χ4v) is 4.44. The maximum Gasteiger partial charge on any atom is 0.191 e. The van der Waals surface area contributed by atoms with Gasteiger partial charge in [-0.3, -0.25) is 4.90 Å². The SMILES string of the molecule is CCNC(=NCc1ccnc(N2CCCC2)c1)NC1CCN(Cc2ccccc2)CC1. The fraction of sp³-hybridized carbons (Fsp3) is 0.520. The predicted molar refractivity (Wildman–Crippen MR) is 128 cm³/mol. The second-order valence-corrected chi connectivity index (χ2v) is 8.59. The molecule has 1 aromatic carbocycles. The smallest absolute Gasteiger partial charge is 0.191 e. The summed E-state index contributed by atoms with van der Waals surface area (Å²) in [6.07, 6.45) is 6.74. The molecule has 2 N–H and O–H groups in total. The van der Waals surface area contributed by atoms with E-state index in [1.165, 1.54) is 24.0 Å². The van der Waals surface area contributed by atoms with Gasteiger partial charge in [0.05, 0.1) is 6.54 Å². The van der Waals surface area contributed by atoms with Crippen LogP contribution in [0, 0.1) is 0 Å². The largest absolute Gasteiger partial charge is 0.357 e. The number of anilines is 1. The second kappa shape index (κ2) is 11.1. The lowest BCUT2D eigenvalue weighted by Gasteiger charge is -2.33. The number of aromatic nitrogens is 1. The van der Waals surface area contributed by atoms with E-state index in [-0.39, 0.29) is 0 Å². The number of piperidine rings is 1. The van der Waals surface area contributed by atoms with Crippen molar-refractivity contribution in [3.05, 3.63) is 59.8 Å². The zero-order chi connectivity index (χ0) is 21.3. The fourth-order valence-electron chi connectivity index (χ4n) is 4.44. The zero-order valence-electron chi connectivity index (χ0n) is 18.8. The van der Waals surface area contributed by atoms with Crippen LogP contribution in [0.4, 0.5) is 5.82 Å². The van der Waals surface area contributed by atoms with Crippen molar-refractivity contribution in [2.75, 3.05) is 37.6 Å². The van der Waals surface area contributed by atoms with Crippen molar-refractivity contribution in [1.29, 1.82) is 0 Å². The maximum atomic E-state index is 4.87. The number of aliphatic imine (C=N–C) groups is 1. The maximum absolute atomic E-state index is 4.87. The van der Waals surface area contributed by atoms with Crippen LogP contribution in [0.5, 0.6) is 0 Å². The predicted octanol–water partition coefficient (Wildman–Crippen LogP) is 3.40. The van der Waals surface area contributed by atoms with Gasteiger partial charge in [-0.2, -0.15) is 0 Å². The third-order valence-electron chi connectivity index (χ3n) is 6.18. The Kier molecular flexibility index (Phi) is 7.77. The molecule has 31 heavy (non-hydrogen) atoms. The average molecular weight is 421 g/mol. The van der Waals surface area contributed by atoms with Crippen LogP contribution in [0.3, 0.4) is 0 Å². The molecule has 1 aromatic heterocycles. The van der Waals surface area contributed by atoms with E-state index in [4.69, 9.17) is 4.99 Å². The number of benzene rings is 1. The summed E-state index contributed by atoms with van der Waals surface area (Å²) in [7, 11) is 0. The van der Waals surface area contributed by atoms with Crippen molar-refractivity contribution in [1.82, 2.24) is 20.5 Å². The van der Waals surface area contributed by atoms with Crippen molar-refractivity contribution in [2.24, 2.45) is 4.99 Å². The van der Waals surface area contributed by atoms with Gasteiger partial charge in [-0.05, 0) is 55.9 Å². The molecule has 2 saturated heterocycles. The molecule has 0 saturated carbocycles. The molecule has 3 heterocycles. The zero-order valence-corrected chi connectivity index (χ0v) is 18.8. The summed E-state index contributed by atoms with van der Waals surface area (Å²) >= 11 is 0. The highest BCUT2D eigenvalue weighted by Crippen LogP contribution is 2.19. The number of hydrogen-bond acceptors (Lipinski definition) is 4. The molecule has 0 spiro atoms. The molecule has 2 fully saturated rings. The first-order valence-electron chi connectivity index (χ1n) is 11.8. The molecule has 6 heteroatoms. The van der Waals surface area contributed by atoms with Crippen LogP contribution in [0.25, 0.3) is 0 Å². The van der Waals surface area contributed by atoms with E-state index in [0.29, 0.717) is 12.6 Å². The number of nitrogens with one attached hydrogen (secondary N) is 2. The molecule has 0 aliphatic carbocycles. The highest BCUT2D eigenvalue weighted by molar-refractivity contribution is 5.80. The van der Waals surface area contributed by atoms with E-state index in [0.717, 1.165) is 63.9 Å². The first-order chi connectivity index (χ1) is 15.3. The van der Waals surface area contributed by atoms with Gasteiger partial charge in [0.2, 0.25) is 0 Å². The van der Waals surface area contributed by atoms with Gasteiger partial charge in [0.25, 0.3) is 0 Å². The topological polar surface area (TPSA) is 55.8 Å². The summed E-state index contributed by atoms with van der Waals surface area (Å²) in [5.74, 6) is 2.01. The minimum Gasteiger partial charge on any atom is -0.357 e. The molecular formula is C25H36N6. The number of hydrogen-bond donors (Lipinski definition) is 2. The first kappa shape index (κ1) is 21.6. The monoisotopic (exact) mass is 420 g/mol. The van der Waals surface area contributed by atoms with Gasteiger partial charge >= 0.3 is 0 Å². The van der Waals surface area contributed by atoms with Crippen molar-refractivity contribution >= 4 is 11.8 Å². The van der Waals surface area contributed by atoms with Crippen LogP contribution in [-0.2, 0) is 13.1 Å². The van der Waals surface area contributed by atoms with E-state index in [2.05, 4.69) is 74.8 Å². The van der Waals surface area contributed by atoms with E-state index >= 15 is 0 Å². The lowest BCUT2D eigenvalue weighted by Crippen LogP contribution is -2.48. The van der Waals surface area contributed by atoms with Crippen molar-refractivity contribution < 1.29 is 0 Å². The molecular weight excluding hydrogens is 384 g/mol. The number of pyridine rings is 1. The molecule has 166 valence electrons. The van der Waals surface area contributed by atoms with E-state index < -0.39 is 0 Å². The molecule has 2 aliphatic rings. The Morgan fingerprint density at radius 3 is 2.55 bits per heavy atom. The van der Waals surface area contributed by atoms with Gasteiger partial charge in [0.15, 0.2) is 5.96 Å². The molecule has 4 rings (SSSR count). The van der Waals surface area contributed by atoms with Gasteiger partial charge in [-0.25, -0.2) is 9.98 Å². The van der Waals surface area contributed by atoms with Gasteiger partial charge in [-0.1, -0.05) is 30.3 Å². The molecule has 0 unspecified atom stereocenters. The lowest BCUT2D eigenvalue weighted by molar-refractivity contribution is 0.198. The summed E-state index contributed by atoms with van der Waals surface area (Å²) in [6.45, 7) is 9.19. The van der Waals surface area contributed by atoms with Crippen LogP contribution >= 0.6 is 0 Å². The molecule has 0 radical (unpaired) electrons. The van der Waals surface area contributed by atoms with Crippen molar-refractivity contribution in [3.63, 3.8) is 0 Å². The summed E-state index contributed by atoms with van der Waals surface area (Å²) in [4.78, 5) is 14.3. The first-order valence-corrected chi connectivity index (χ1v) is 11.8. The van der Waals surface area contributed by atoms with E-state index in [1.807, 2.05) is 6.20 Å². The van der Waals surface area contributed by atoms with Crippen LogP contribution in [0.1, 0.15) is 43.7 Å². The van der Waals surface area contributed by atoms with Crippen LogP contribution in [-0.4, -0.2) is 54.6 Å². The third-order valence-corrected chi connectivity index (χ3v) is 6.18. The molecule has 0 amide bonds. The second-order valence-electron chi connectivity index (χ2n) is 8.59. The molecule has 2 aliphatic heterocycles. The van der Waals surface area contributed by atoms with Crippen LogP contribution in [0.15, 0.2) is 53.7 Å². The Labute approximate surface area is 186 Å². The standard InChI is InChI=1S/C25H36N6/c1-2-26-25(28-19-22-10-13-27-24(18-22)31-14-6-7-15-31)29-23-11-16-30(17-12-23)20-21-8-4-3-5-9-21/h3-5,8-10,13,18,23H,2,6-7,11-12,14-17,19-20H2,1H3,(H2,26,28,29). The third kappa shape index (κ3) is 6.44. The van der Waals surface area contributed by atoms with Gasteiger partial charge < -0.3 is 15.5 Å². The lowest BCUT2D eigenvalue weighted by atomic mass is 10.0. The quantitative estimate of drug-likeness (QED) is 0.531. The molecule has 0 atom stereocenters. The number of guanidine groups is 1. The minimum atomic E-state index is 0.474. The normalized spacial score (nSPS) is 18.4. The van der Waals surface area contributed by atoms with Gasteiger partial charge in [0.1, 0.15) is 5.82 Å². The van der Waals surface area contributed by atoms with Crippen molar-refractivity contribution in [3.8, 4) is 0 Å². The Morgan fingerprint density at radius 2 is 1.81 bits per heavy atom. The van der Waals surface area contributed by atoms with Crippen molar-refractivity contribution in [2.45, 2.75) is 51.7 Å². The molecule has 0 bridgehead atoms. The number of likely N-dealkylation sites (tertiary alicyclic amines) is 1. The summed E-state index contributed by atoms with van der Waals surface area (Å²) in [6, 6.07) is 15.5. The number of rotatable bonds is 7. The Morgan fingerprint density at radius 1 is 1.03 bits per heavy atom. The molecule has 6 nitrogen and oxygen atoms in total. The minimum absolute atomic E-state index is 0.474. The van der Waals surface area contributed by atoms with Crippen LogP contribution < -0.4 is 15.5 Å². The summed E-state index contributed by atoms with van der Waals surface area (Å²) in [5, 5.41) is 7.09. The Hall–Kier alpha value is -2.60. The van der Waals surface area contributed by atoms with Crippen LogP contribution in [0.2, 0.25) is 0 Å². The average Bonchev–Trinajstić information content (AvgIpc) is 3.35. The Bertz CT molecular complexity index is 823. The Balaban J connectivity index is 1.29. The van der Waals surface area contributed by atoms with Gasteiger partial charge in [-0.15, -0.1) is 0 Å². The van der Waals surface area contributed by atoms with E-state index in [9.17, 15) is 0 Å². The van der Waals surface area contributed by atoms with E-state index in [1.54, 1.807) is 0 Å². The highest BCUT2D eigenvalue weighted by atomic mass is 15.2. The highest BCUT2D eigenvalue weighted by Gasteiger charge is 2.20. The summed E-state index contributed by atoms with van der Waals surface area (Å²) in [5.41, 5.74) is 2.61. The van der Waals surface area contributed by atoms with Gasteiger partial charge in [0, 0.05) is 51.5 Å². The number of nitrogens with zero attached hydrogens (tertiary/aromatic N) is 4.